The van der Waals surface area contributed by atoms with E-state index >= 15 is 0 Å². The lowest BCUT2D eigenvalue weighted by Gasteiger charge is -2.30. The molecule has 126 valence electrons. The SMILES string of the molecule is O=S(=O)(NC1CCC(C(F)(F)F)CC1)c1cccc2nsnc12. The Morgan fingerprint density at radius 1 is 1.13 bits per heavy atom. The first-order valence-corrected chi connectivity index (χ1v) is 9.29. The summed E-state index contributed by atoms with van der Waals surface area (Å²) < 4.78 is 73.4. The second kappa shape index (κ2) is 5.99. The summed E-state index contributed by atoms with van der Waals surface area (Å²) in [5.41, 5.74) is 0.771. The fourth-order valence-corrected chi connectivity index (χ4v) is 4.89. The molecule has 2 aromatic rings. The Kier molecular flexibility index (Phi) is 4.32. The van der Waals surface area contributed by atoms with Crippen molar-refractivity contribution in [3.63, 3.8) is 0 Å². The fourth-order valence-electron chi connectivity index (χ4n) is 2.82. The van der Waals surface area contributed by atoms with E-state index in [0.29, 0.717) is 5.52 Å². The molecule has 0 amide bonds. The van der Waals surface area contributed by atoms with E-state index in [-0.39, 0.29) is 36.1 Å². The monoisotopic (exact) mass is 365 g/mol. The molecule has 0 bridgehead atoms. The molecule has 1 aromatic carbocycles. The Morgan fingerprint density at radius 2 is 1.83 bits per heavy atom. The Labute approximate surface area is 135 Å². The summed E-state index contributed by atoms with van der Waals surface area (Å²) in [4.78, 5) is 0.0155. The largest absolute Gasteiger partial charge is 0.391 e. The first-order valence-electron chi connectivity index (χ1n) is 7.08. The second-order valence-electron chi connectivity index (χ2n) is 5.60. The van der Waals surface area contributed by atoms with Crippen LogP contribution in [0.1, 0.15) is 25.7 Å². The van der Waals surface area contributed by atoms with Gasteiger partial charge in [0.25, 0.3) is 0 Å². The van der Waals surface area contributed by atoms with Gasteiger partial charge in [0.2, 0.25) is 10.0 Å². The lowest BCUT2D eigenvalue weighted by molar-refractivity contribution is -0.182. The van der Waals surface area contributed by atoms with Gasteiger partial charge in [0.05, 0.1) is 17.6 Å². The van der Waals surface area contributed by atoms with Gasteiger partial charge in [-0.05, 0) is 37.8 Å². The van der Waals surface area contributed by atoms with Crippen LogP contribution in [0.3, 0.4) is 0 Å². The van der Waals surface area contributed by atoms with Gasteiger partial charge in [0.15, 0.2) is 0 Å². The molecule has 5 nitrogen and oxygen atoms in total. The van der Waals surface area contributed by atoms with Gasteiger partial charge in [-0.2, -0.15) is 21.9 Å². The number of nitrogens with zero attached hydrogens (tertiary/aromatic N) is 2. The molecule has 1 N–H and O–H groups in total. The van der Waals surface area contributed by atoms with Gasteiger partial charge in [0.1, 0.15) is 15.9 Å². The third-order valence-corrected chi connectivity index (χ3v) is 6.15. The highest BCUT2D eigenvalue weighted by Crippen LogP contribution is 2.37. The standard InChI is InChI=1S/C13H14F3N3O2S2/c14-13(15,16)8-4-6-9(7-5-8)19-23(20,21)11-3-1-2-10-12(11)18-22-17-10/h1-3,8-9,19H,4-7H2. The minimum absolute atomic E-state index is 0.0155. The smallest absolute Gasteiger partial charge is 0.208 e. The van der Waals surface area contributed by atoms with Crippen LogP contribution in [0.15, 0.2) is 23.1 Å². The molecule has 10 heteroatoms. The van der Waals surface area contributed by atoms with Crippen LogP contribution < -0.4 is 4.72 Å². The molecule has 1 fully saturated rings. The van der Waals surface area contributed by atoms with Crippen LogP contribution in [-0.4, -0.2) is 29.4 Å². The Balaban J connectivity index is 1.74. The minimum Gasteiger partial charge on any atom is -0.208 e. The van der Waals surface area contributed by atoms with Crippen LogP contribution in [0.5, 0.6) is 0 Å². The second-order valence-corrected chi connectivity index (χ2v) is 7.81. The number of nitrogens with one attached hydrogen (secondary N) is 1. The molecule has 1 saturated carbocycles. The molecule has 1 aliphatic carbocycles. The molecule has 3 rings (SSSR count). The number of sulfonamides is 1. The van der Waals surface area contributed by atoms with Crippen LogP contribution in [0.4, 0.5) is 13.2 Å². The van der Waals surface area contributed by atoms with Crippen molar-refractivity contribution in [3.8, 4) is 0 Å². The number of halogens is 3. The molecule has 23 heavy (non-hydrogen) atoms. The molecule has 1 heterocycles. The molecule has 1 aromatic heterocycles. The summed E-state index contributed by atoms with van der Waals surface area (Å²) in [7, 11) is -3.84. The first kappa shape index (κ1) is 16.6. The zero-order valence-corrected chi connectivity index (χ0v) is 13.5. The molecule has 0 spiro atoms. The van der Waals surface area contributed by atoms with E-state index in [0.717, 1.165) is 11.7 Å². The zero-order chi connectivity index (χ0) is 16.7. The Hall–Kier alpha value is -1.26. The van der Waals surface area contributed by atoms with Crippen molar-refractivity contribution >= 4 is 32.8 Å². The molecule has 1 aliphatic rings. The van der Waals surface area contributed by atoms with E-state index in [2.05, 4.69) is 13.5 Å². The maximum Gasteiger partial charge on any atom is 0.391 e. The highest BCUT2D eigenvalue weighted by atomic mass is 32.2. The number of hydrogen-bond acceptors (Lipinski definition) is 5. The average Bonchev–Trinajstić information content (AvgIpc) is 2.94. The minimum atomic E-state index is -4.21. The van der Waals surface area contributed by atoms with Crippen molar-refractivity contribution in [1.82, 2.24) is 13.5 Å². The summed E-state index contributed by atoms with van der Waals surface area (Å²) in [6.07, 6.45) is -3.97. The topological polar surface area (TPSA) is 72.0 Å². The van der Waals surface area contributed by atoms with E-state index in [1.54, 1.807) is 12.1 Å². The molecule has 0 saturated heterocycles. The maximum atomic E-state index is 12.7. The molecular formula is C13H14F3N3O2S2. The van der Waals surface area contributed by atoms with Crippen LogP contribution in [0, 0.1) is 5.92 Å². The number of hydrogen-bond donors (Lipinski definition) is 1. The maximum absolute atomic E-state index is 12.7. The normalized spacial score (nSPS) is 23.3. The quantitative estimate of drug-likeness (QED) is 0.907. The number of aromatic nitrogens is 2. The molecule has 0 atom stereocenters. The summed E-state index contributed by atoms with van der Waals surface area (Å²) in [5.74, 6) is -1.34. The number of rotatable bonds is 3. The van der Waals surface area contributed by atoms with Gasteiger partial charge in [-0.3, -0.25) is 0 Å². The predicted octanol–water partition coefficient (Wildman–Crippen LogP) is 3.09. The van der Waals surface area contributed by atoms with Gasteiger partial charge in [0, 0.05) is 6.04 Å². The zero-order valence-electron chi connectivity index (χ0n) is 11.9. The number of benzene rings is 1. The Morgan fingerprint density at radius 3 is 2.48 bits per heavy atom. The van der Waals surface area contributed by atoms with Gasteiger partial charge in [-0.15, -0.1) is 0 Å². The van der Waals surface area contributed by atoms with Crippen molar-refractivity contribution < 1.29 is 21.6 Å². The predicted molar refractivity (Wildman–Crippen MR) is 79.5 cm³/mol. The fraction of sp³-hybridized carbons (Fsp3) is 0.538. The highest BCUT2D eigenvalue weighted by Gasteiger charge is 2.42. The third-order valence-electron chi connectivity index (χ3n) is 4.05. The lowest BCUT2D eigenvalue weighted by atomic mass is 9.86. The summed E-state index contributed by atoms with van der Waals surface area (Å²) >= 11 is 0.915. The van der Waals surface area contributed by atoms with Gasteiger partial charge in [-0.1, -0.05) is 6.07 Å². The van der Waals surface area contributed by atoms with E-state index in [1.165, 1.54) is 6.07 Å². The summed E-state index contributed by atoms with van der Waals surface area (Å²) in [6, 6.07) is 4.17. The van der Waals surface area contributed by atoms with E-state index in [1.807, 2.05) is 0 Å². The number of fused-ring (bicyclic) bond motifs is 1. The van der Waals surface area contributed by atoms with Crippen LogP contribution >= 0.6 is 11.7 Å². The summed E-state index contributed by atoms with van der Waals surface area (Å²) in [6.45, 7) is 0. The van der Waals surface area contributed by atoms with Crippen molar-refractivity contribution in [2.24, 2.45) is 5.92 Å². The van der Waals surface area contributed by atoms with Crippen molar-refractivity contribution in [3.05, 3.63) is 18.2 Å². The Bertz CT molecular complexity index is 796. The average molecular weight is 365 g/mol. The molecule has 0 unspecified atom stereocenters. The molecule has 0 radical (unpaired) electrons. The van der Waals surface area contributed by atoms with Gasteiger partial charge in [-0.25, -0.2) is 13.1 Å². The highest BCUT2D eigenvalue weighted by molar-refractivity contribution is 7.89. The lowest BCUT2D eigenvalue weighted by Crippen LogP contribution is -2.40. The first-order chi connectivity index (χ1) is 10.8. The molecular weight excluding hydrogens is 351 g/mol. The van der Waals surface area contributed by atoms with Gasteiger partial charge < -0.3 is 0 Å². The van der Waals surface area contributed by atoms with Crippen molar-refractivity contribution in [2.45, 2.75) is 42.8 Å². The van der Waals surface area contributed by atoms with E-state index < -0.39 is 28.2 Å². The van der Waals surface area contributed by atoms with Crippen LogP contribution in [-0.2, 0) is 10.0 Å². The van der Waals surface area contributed by atoms with E-state index in [4.69, 9.17) is 0 Å². The third kappa shape index (κ3) is 3.48. The van der Waals surface area contributed by atoms with Crippen LogP contribution in [0.2, 0.25) is 0 Å². The van der Waals surface area contributed by atoms with Crippen molar-refractivity contribution in [2.75, 3.05) is 0 Å². The van der Waals surface area contributed by atoms with Crippen molar-refractivity contribution in [1.29, 1.82) is 0 Å². The molecule has 0 aliphatic heterocycles. The number of alkyl halides is 3. The van der Waals surface area contributed by atoms with E-state index in [9.17, 15) is 21.6 Å². The summed E-state index contributed by atoms with van der Waals surface area (Å²) in [5, 5.41) is 0. The van der Waals surface area contributed by atoms with Crippen LogP contribution in [0.25, 0.3) is 11.0 Å². The van der Waals surface area contributed by atoms with Gasteiger partial charge >= 0.3 is 6.18 Å².